The van der Waals surface area contributed by atoms with Crippen LogP contribution in [0.3, 0.4) is 0 Å². The summed E-state index contributed by atoms with van der Waals surface area (Å²) in [6.07, 6.45) is 51.6. The molecule has 0 saturated carbocycles. The predicted octanol–water partition coefficient (Wildman–Crippen LogP) is 16.0. The first-order chi connectivity index (χ1) is 20.2. The summed E-state index contributed by atoms with van der Waals surface area (Å²) in [5.74, 6) is 1.93. The van der Waals surface area contributed by atoms with Crippen LogP contribution in [0.2, 0.25) is 0 Å². The third kappa shape index (κ3) is 36.1. The number of unbranched alkanes of at least 4 members (excludes halogenated alkanes) is 28. The van der Waals surface area contributed by atoms with Gasteiger partial charge in [-0.2, -0.15) is 0 Å². The largest absolute Gasteiger partial charge is 0.0654 e. The van der Waals surface area contributed by atoms with Crippen LogP contribution in [0.5, 0.6) is 0 Å². The Labute approximate surface area is 263 Å². The van der Waals surface area contributed by atoms with Crippen LogP contribution in [-0.4, -0.2) is 0 Å². The molecule has 0 aliphatic rings. The van der Waals surface area contributed by atoms with E-state index in [4.69, 9.17) is 0 Å². The highest BCUT2D eigenvalue weighted by Gasteiger charge is 2.04. The third-order valence-electron chi connectivity index (χ3n) is 9.99. The molecule has 41 heavy (non-hydrogen) atoms. The van der Waals surface area contributed by atoms with Gasteiger partial charge in [-0.1, -0.05) is 252 Å². The van der Waals surface area contributed by atoms with Crippen molar-refractivity contribution in [2.24, 2.45) is 11.8 Å². The summed E-state index contributed by atoms with van der Waals surface area (Å²) in [5.41, 5.74) is 0. The van der Waals surface area contributed by atoms with Crippen molar-refractivity contribution in [1.82, 2.24) is 0 Å². The Morgan fingerprint density at radius 3 is 0.537 bits per heavy atom. The predicted molar refractivity (Wildman–Crippen MR) is 191 cm³/mol. The summed E-state index contributed by atoms with van der Waals surface area (Å²) in [6.45, 7) is 9.64. The topological polar surface area (TPSA) is 0 Å². The molecule has 2 unspecified atom stereocenters. The van der Waals surface area contributed by atoms with E-state index in [1.165, 1.54) is 225 Å². The fourth-order valence-corrected chi connectivity index (χ4v) is 6.83. The quantitative estimate of drug-likeness (QED) is 0.0651. The van der Waals surface area contributed by atoms with E-state index in [9.17, 15) is 0 Å². The van der Waals surface area contributed by atoms with Crippen LogP contribution in [-0.2, 0) is 0 Å². The standard InChI is InChI=1S/C41H84/c1-5-7-9-11-13-15-16-17-18-19-20-21-22-25-29-33-37-41(4)39-35-31-27-23-26-30-34-38-40(3)36-32-28-24-14-12-10-8-6-2/h40-41H,5-39H2,1-4H3. The van der Waals surface area contributed by atoms with Crippen molar-refractivity contribution < 1.29 is 0 Å². The first kappa shape index (κ1) is 41.0. The van der Waals surface area contributed by atoms with Crippen molar-refractivity contribution >= 4 is 0 Å². The van der Waals surface area contributed by atoms with Crippen molar-refractivity contribution in [3.8, 4) is 0 Å². The molecule has 0 heterocycles. The first-order valence-corrected chi connectivity index (χ1v) is 20.2. The molecule has 0 N–H and O–H groups in total. The van der Waals surface area contributed by atoms with Crippen LogP contribution in [0.1, 0.15) is 252 Å². The van der Waals surface area contributed by atoms with Crippen molar-refractivity contribution in [3.63, 3.8) is 0 Å². The molecule has 248 valence electrons. The van der Waals surface area contributed by atoms with Crippen molar-refractivity contribution in [2.75, 3.05) is 0 Å². The summed E-state index contributed by atoms with van der Waals surface area (Å²) < 4.78 is 0. The van der Waals surface area contributed by atoms with E-state index < -0.39 is 0 Å². The maximum atomic E-state index is 2.51. The Morgan fingerprint density at radius 2 is 0.366 bits per heavy atom. The monoisotopic (exact) mass is 577 g/mol. The molecule has 0 radical (unpaired) electrons. The Hall–Kier alpha value is 0. The van der Waals surface area contributed by atoms with Gasteiger partial charge >= 0.3 is 0 Å². The van der Waals surface area contributed by atoms with Gasteiger partial charge in [-0.15, -0.1) is 0 Å². The lowest BCUT2D eigenvalue weighted by Gasteiger charge is -2.12. The first-order valence-electron chi connectivity index (χ1n) is 20.2. The van der Waals surface area contributed by atoms with E-state index >= 15 is 0 Å². The van der Waals surface area contributed by atoms with E-state index in [1.54, 1.807) is 0 Å². The molecule has 0 aromatic carbocycles. The second-order valence-electron chi connectivity index (χ2n) is 14.6. The maximum absolute atomic E-state index is 2.51. The van der Waals surface area contributed by atoms with Gasteiger partial charge in [0.1, 0.15) is 0 Å². The summed E-state index contributed by atoms with van der Waals surface area (Å²) >= 11 is 0. The highest BCUT2D eigenvalue weighted by Crippen LogP contribution is 2.21. The Kier molecular flexibility index (Phi) is 36.2. The molecule has 0 spiro atoms. The molecule has 0 amide bonds. The smallest absolute Gasteiger partial charge is 0.0443 e. The van der Waals surface area contributed by atoms with Gasteiger partial charge < -0.3 is 0 Å². The molecule has 0 nitrogen and oxygen atoms in total. The summed E-state index contributed by atoms with van der Waals surface area (Å²) in [7, 11) is 0. The molecule has 0 fully saturated rings. The average Bonchev–Trinajstić information content (AvgIpc) is 2.97. The van der Waals surface area contributed by atoms with Crippen LogP contribution in [0, 0.1) is 11.8 Å². The van der Waals surface area contributed by atoms with E-state index in [0.717, 1.165) is 11.8 Å². The molecule has 0 aromatic heterocycles. The lowest BCUT2D eigenvalue weighted by Crippen LogP contribution is -1.96. The van der Waals surface area contributed by atoms with Crippen molar-refractivity contribution in [3.05, 3.63) is 0 Å². The molecule has 0 heteroatoms. The Morgan fingerprint density at radius 1 is 0.220 bits per heavy atom. The van der Waals surface area contributed by atoms with Gasteiger partial charge in [-0.3, -0.25) is 0 Å². The second kappa shape index (κ2) is 36.2. The van der Waals surface area contributed by atoms with Gasteiger partial charge in [0.05, 0.1) is 0 Å². The van der Waals surface area contributed by atoms with Crippen molar-refractivity contribution in [2.45, 2.75) is 252 Å². The van der Waals surface area contributed by atoms with E-state index in [2.05, 4.69) is 27.7 Å². The zero-order valence-electron chi connectivity index (χ0n) is 29.9. The average molecular weight is 577 g/mol. The van der Waals surface area contributed by atoms with Crippen LogP contribution >= 0.6 is 0 Å². The highest BCUT2D eigenvalue weighted by atomic mass is 14.1. The molecule has 0 aliphatic carbocycles. The fraction of sp³-hybridized carbons (Fsp3) is 1.00. The molecule has 2 atom stereocenters. The van der Waals surface area contributed by atoms with Gasteiger partial charge in [-0.05, 0) is 11.8 Å². The summed E-state index contributed by atoms with van der Waals surface area (Å²) in [5, 5.41) is 0. The molecule has 0 saturated heterocycles. The summed E-state index contributed by atoms with van der Waals surface area (Å²) in [6, 6.07) is 0. The molecule has 0 aromatic rings. The zero-order chi connectivity index (χ0) is 29.9. The van der Waals surface area contributed by atoms with Crippen LogP contribution < -0.4 is 0 Å². The molecular weight excluding hydrogens is 492 g/mol. The van der Waals surface area contributed by atoms with Gasteiger partial charge in [0.2, 0.25) is 0 Å². The minimum atomic E-state index is 0.962. The zero-order valence-corrected chi connectivity index (χ0v) is 29.9. The second-order valence-corrected chi connectivity index (χ2v) is 14.6. The number of rotatable bonds is 36. The minimum Gasteiger partial charge on any atom is -0.0654 e. The molecule has 0 bridgehead atoms. The maximum Gasteiger partial charge on any atom is -0.0443 e. The number of hydrogen-bond donors (Lipinski definition) is 0. The Balaban J connectivity index is 3.22. The van der Waals surface area contributed by atoms with Crippen LogP contribution in [0.4, 0.5) is 0 Å². The van der Waals surface area contributed by atoms with Gasteiger partial charge in [0.25, 0.3) is 0 Å². The molecule has 0 aliphatic heterocycles. The third-order valence-corrected chi connectivity index (χ3v) is 9.99. The Bertz CT molecular complexity index is 439. The normalized spacial score (nSPS) is 13.2. The molecular formula is C41H84. The van der Waals surface area contributed by atoms with Gasteiger partial charge in [-0.25, -0.2) is 0 Å². The van der Waals surface area contributed by atoms with Crippen LogP contribution in [0.25, 0.3) is 0 Å². The van der Waals surface area contributed by atoms with Crippen LogP contribution in [0.15, 0.2) is 0 Å². The highest BCUT2D eigenvalue weighted by molar-refractivity contribution is 4.58. The van der Waals surface area contributed by atoms with Gasteiger partial charge in [0.15, 0.2) is 0 Å². The van der Waals surface area contributed by atoms with Crippen molar-refractivity contribution in [1.29, 1.82) is 0 Å². The van der Waals surface area contributed by atoms with E-state index in [1.807, 2.05) is 0 Å². The lowest BCUT2D eigenvalue weighted by atomic mass is 9.95. The van der Waals surface area contributed by atoms with Gasteiger partial charge in [0, 0.05) is 0 Å². The van der Waals surface area contributed by atoms with E-state index in [-0.39, 0.29) is 0 Å². The van der Waals surface area contributed by atoms with E-state index in [0.29, 0.717) is 0 Å². The lowest BCUT2D eigenvalue weighted by molar-refractivity contribution is 0.421. The SMILES string of the molecule is CCCCCCCCCCCCCCCCCCC(C)CCCCCCCCCC(C)CCCCCCCCCC. The molecule has 0 rings (SSSR count). The fourth-order valence-electron chi connectivity index (χ4n) is 6.83. The number of hydrogen-bond acceptors (Lipinski definition) is 0. The summed E-state index contributed by atoms with van der Waals surface area (Å²) in [4.78, 5) is 0. The minimum absolute atomic E-state index is 0.962.